The maximum absolute atomic E-state index is 9.62. The highest BCUT2D eigenvalue weighted by atomic mass is 16.3. The fourth-order valence-electron chi connectivity index (χ4n) is 1.30. The summed E-state index contributed by atoms with van der Waals surface area (Å²) in [5.41, 5.74) is 0. The van der Waals surface area contributed by atoms with Gasteiger partial charge in [0.1, 0.15) is 0 Å². The van der Waals surface area contributed by atoms with Crippen molar-refractivity contribution in [2.45, 2.75) is 40.2 Å². The lowest BCUT2D eigenvalue weighted by Gasteiger charge is -2.14. The Bertz CT molecular complexity index is 138. The van der Waals surface area contributed by atoms with Crippen LogP contribution in [0.15, 0.2) is 0 Å². The van der Waals surface area contributed by atoms with Crippen molar-refractivity contribution in [2.75, 3.05) is 26.2 Å². The molecule has 1 unspecified atom stereocenters. The highest BCUT2D eigenvalue weighted by Crippen LogP contribution is 1.92. The molecule has 0 spiro atoms. The van der Waals surface area contributed by atoms with Gasteiger partial charge in [-0.1, -0.05) is 27.7 Å². The first kappa shape index (κ1) is 14.9. The predicted molar refractivity (Wildman–Crippen MR) is 66.0 cm³/mol. The monoisotopic (exact) mass is 216 g/mol. The Morgan fingerprint density at radius 1 is 0.867 bits per heavy atom. The molecule has 0 amide bonds. The van der Waals surface area contributed by atoms with E-state index in [1.807, 2.05) is 0 Å². The zero-order chi connectivity index (χ0) is 11.7. The maximum atomic E-state index is 9.62. The van der Waals surface area contributed by atoms with Crippen LogP contribution < -0.4 is 10.6 Å². The van der Waals surface area contributed by atoms with Crippen LogP contribution in [-0.2, 0) is 0 Å². The number of hydrogen-bond donors (Lipinski definition) is 3. The average molecular weight is 216 g/mol. The van der Waals surface area contributed by atoms with Crippen LogP contribution in [0.5, 0.6) is 0 Å². The maximum Gasteiger partial charge on any atom is 0.0676 e. The molecule has 0 heterocycles. The molecule has 0 bridgehead atoms. The molecule has 92 valence electrons. The Morgan fingerprint density at radius 3 is 1.93 bits per heavy atom. The molecule has 3 N–H and O–H groups in total. The molecule has 0 aliphatic rings. The summed E-state index contributed by atoms with van der Waals surface area (Å²) in [6, 6.07) is 0. The molecule has 0 radical (unpaired) electrons. The molecule has 0 aromatic carbocycles. The molecule has 3 heteroatoms. The van der Waals surface area contributed by atoms with Crippen molar-refractivity contribution in [3.8, 4) is 0 Å². The number of nitrogens with one attached hydrogen (secondary N) is 2. The number of hydrogen-bond acceptors (Lipinski definition) is 3. The van der Waals surface area contributed by atoms with Crippen LogP contribution in [0.25, 0.3) is 0 Å². The van der Waals surface area contributed by atoms with Crippen LogP contribution >= 0.6 is 0 Å². The molecule has 3 nitrogen and oxygen atoms in total. The summed E-state index contributed by atoms with van der Waals surface area (Å²) < 4.78 is 0. The summed E-state index contributed by atoms with van der Waals surface area (Å²) >= 11 is 0. The molecule has 0 aromatic heterocycles. The average Bonchev–Trinajstić information content (AvgIpc) is 2.11. The molecule has 0 saturated carbocycles. The quantitative estimate of drug-likeness (QED) is 0.508. The second-order valence-electron chi connectivity index (χ2n) is 5.09. The minimum absolute atomic E-state index is 0.219. The van der Waals surface area contributed by atoms with Crippen molar-refractivity contribution < 1.29 is 5.11 Å². The molecular formula is C12H28N2O. The molecule has 0 saturated heterocycles. The van der Waals surface area contributed by atoms with E-state index in [9.17, 15) is 5.11 Å². The van der Waals surface area contributed by atoms with Crippen molar-refractivity contribution in [3.05, 3.63) is 0 Å². The van der Waals surface area contributed by atoms with Gasteiger partial charge >= 0.3 is 0 Å². The summed E-state index contributed by atoms with van der Waals surface area (Å²) in [6.45, 7) is 12.3. The van der Waals surface area contributed by atoms with Crippen LogP contribution in [0.3, 0.4) is 0 Å². The Balaban J connectivity index is 3.22. The van der Waals surface area contributed by atoms with E-state index >= 15 is 0 Å². The molecule has 0 aromatic rings. The first-order valence-electron chi connectivity index (χ1n) is 6.11. The lowest BCUT2D eigenvalue weighted by atomic mass is 10.2. The van der Waals surface area contributed by atoms with E-state index in [1.165, 1.54) is 0 Å². The van der Waals surface area contributed by atoms with Gasteiger partial charge in [0.2, 0.25) is 0 Å². The molecule has 0 aliphatic heterocycles. The van der Waals surface area contributed by atoms with Crippen LogP contribution in [0.4, 0.5) is 0 Å². The third-order valence-electron chi connectivity index (χ3n) is 2.14. The van der Waals surface area contributed by atoms with E-state index in [1.54, 1.807) is 0 Å². The zero-order valence-corrected chi connectivity index (χ0v) is 10.7. The summed E-state index contributed by atoms with van der Waals surface area (Å²) in [4.78, 5) is 0. The highest BCUT2D eigenvalue weighted by Gasteiger charge is 2.03. The Kier molecular flexibility index (Phi) is 9.06. The fraction of sp³-hybridized carbons (Fsp3) is 1.00. The van der Waals surface area contributed by atoms with Gasteiger partial charge in [-0.3, -0.25) is 0 Å². The van der Waals surface area contributed by atoms with Gasteiger partial charge in [0.25, 0.3) is 0 Å². The summed E-state index contributed by atoms with van der Waals surface area (Å²) in [7, 11) is 0. The van der Waals surface area contributed by atoms with Gasteiger partial charge in [0.05, 0.1) is 6.10 Å². The summed E-state index contributed by atoms with van der Waals surface area (Å²) in [6.07, 6.45) is 0.612. The number of aliphatic hydroxyl groups excluding tert-OH is 1. The van der Waals surface area contributed by atoms with Gasteiger partial charge in [-0.05, 0) is 37.9 Å². The number of rotatable bonds is 9. The van der Waals surface area contributed by atoms with Crippen LogP contribution in [0.1, 0.15) is 34.1 Å². The van der Waals surface area contributed by atoms with Crippen molar-refractivity contribution in [1.29, 1.82) is 0 Å². The minimum atomic E-state index is -0.219. The van der Waals surface area contributed by atoms with Crippen LogP contribution in [0.2, 0.25) is 0 Å². The van der Waals surface area contributed by atoms with Gasteiger partial charge in [-0.2, -0.15) is 0 Å². The van der Waals surface area contributed by atoms with E-state index in [0.717, 1.165) is 26.1 Å². The smallest absolute Gasteiger partial charge is 0.0676 e. The molecule has 1 atom stereocenters. The van der Waals surface area contributed by atoms with Crippen molar-refractivity contribution in [1.82, 2.24) is 10.6 Å². The second kappa shape index (κ2) is 9.13. The molecule has 0 fully saturated rings. The van der Waals surface area contributed by atoms with E-state index in [0.29, 0.717) is 18.4 Å². The minimum Gasteiger partial charge on any atom is -0.392 e. The van der Waals surface area contributed by atoms with Crippen LogP contribution in [0, 0.1) is 11.8 Å². The van der Waals surface area contributed by atoms with Crippen molar-refractivity contribution in [3.63, 3.8) is 0 Å². The standard InChI is InChI=1S/C12H28N2O/c1-10(2)7-13-6-5-12(15)9-14-8-11(3)4/h10-15H,5-9H2,1-4H3. The second-order valence-corrected chi connectivity index (χ2v) is 5.09. The lowest BCUT2D eigenvalue weighted by molar-refractivity contribution is 0.160. The molecule has 0 aliphatic carbocycles. The van der Waals surface area contributed by atoms with Gasteiger partial charge < -0.3 is 15.7 Å². The lowest BCUT2D eigenvalue weighted by Crippen LogP contribution is -2.32. The summed E-state index contributed by atoms with van der Waals surface area (Å²) in [5.74, 6) is 1.33. The largest absolute Gasteiger partial charge is 0.392 e. The molecule has 15 heavy (non-hydrogen) atoms. The Morgan fingerprint density at radius 2 is 1.40 bits per heavy atom. The highest BCUT2D eigenvalue weighted by molar-refractivity contribution is 4.62. The zero-order valence-electron chi connectivity index (χ0n) is 10.7. The SMILES string of the molecule is CC(C)CNCCC(O)CNCC(C)C. The van der Waals surface area contributed by atoms with E-state index in [4.69, 9.17) is 0 Å². The van der Waals surface area contributed by atoms with E-state index in [2.05, 4.69) is 38.3 Å². The Labute approximate surface area is 94.6 Å². The predicted octanol–water partition coefficient (Wildman–Crippen LogP) is 1.23. The van der Waals surface area contributed by atoms with Gasteiger partial charge in [0, 0.05) is 6.54 Å². The summed E-state index contributed by atoms with van der Waals surface area (Å²) in [5, 5.41) is 16.2. The third-order valence-corrected chi connectivity index (χ3v) is 2.14. The Hall–Kier alpha value is -0.120. The first-order chi connectivity index (χ1) is 7.02. The van der Waals surface area contributed by atoms with Crippen molar-refractivity contribution >= 4 is 0 Å². The third kappa shape index (κ3) is 11.8. The molecular weight excluding hydrogens is 188 g/mol. The van der Waals surface area contributed by atoms with E-state index < -0.39 is 0 Å². The van der Waals surface area contributed by atoms with Gasteiger partial charge in [-0.25, -0.2) is 0 Å². The normalized spacial score (nSPS) is 13.8. The van der Waals surface area contributed by atoms with Gasteiger partial charge in [-0.15, -0.1) is 0 Å². The van der Waals surface area contributed by atoms with E-state index in [-0.39, 0.29) is 6.10 Å². The van der Waals surface area contributed by atoms with Crippen molar-refractivity contribution in [2.24, 2.45) is 11.8 Å². The first-order valence-corrected chi connectivity index (χ1v) is 6.11. The molecule has 0 rings (SSSR count). The fourth-order valence-corrected chi connectivity index (χ4v) is 1.30. The number of aliphatic hydroxyl groups is 1. The van der Waals surface area contributed by atoms with Crippen LogP contribution in [-0.4, -0.2) is 37.4 Å². The topological polar surface area (TPSA) is 44.3 Å². The van der Waals surface area contributed by atoms with Gasteiger partial charge in [0.15, 0.2) is 0 Å².